The molecule has 1 saturated carbocycles. The van der Waals surface area contributed by atoms with Gasteiger partial charge < -0.3 is 20.1 Å². The minimum atomic E-state index is 0. The van der Waals surface area contributed by atoms with Crippen molar-refractivity contribution in [2.45, 2.75) is 57.3 Å². The van der Waals surface area contributed by atoms with Crippen molar-refractivity contribution < 1.29 is 9.47 Å². The number of guanidine groups is 1. The number of ether oxygens (including phenoxy) is 2. The zero-order valence-corrected chi connectivity index (χ0v) is 21.3. The minimum Gasteiger partial charge on any atom is -0.385 e. The Balaban J connectivity index is 0.00000320. The Labute approximate surface area is 199 Å². The number of methoxy groups -OCH3 is 1. The summed E-state index contributed by atoms with van der Waals surface area (Å²) in [6.07, 6.45) is 8.43. The first-order chi connectivity index (χ1) is 14.1. The van der Waals surface area contributed by atoms with Crippen molar-refractivity contribution in [2.75, 3.05) is 47.1 Å². The molecule has 0 amide bonds. The summed E-state index contributed by atoms with van der Waals surface area (Å²) in [5, 5.41) is 7.29. The summed E-state index contributed by atoms with van der Waals surface area (Å²) < 4.78 is 11.1. The van der Waals surface area contributed by atoms with Crippen LogP contribution >= 0.6 is 24.0 Å². The number of rotatable bonds is 8. The molecule has 0 bridgehead atoms. The third-order valence-corrected chi connectivity index (χ3v) is 7.12. The van der Waals surface area contributed by atoms with Gasteiger partial charge in [0.25, 0.3) is 0 Å². The molecular formula is C24H40IN3O2. The molecule has 2 aliphatic rings. The highest BCUT2D eigenvalue weighted by atomic mass is 127. The van der Waals surface area contributed by atoms with Crippen molar-refractivity contribution in [3.8, 4) is 0 Å². The van der Waals surface area contributed by atoms with Gasteiger partial charge >= 0.3 is 0 Å². The van der Waals surface area contributed by atoms with Crippen molar-refractivity contribution in [1.29, 1.82) is 0 Å². The maximum Gasteiger partial charge on any atom is 0.191 e. The molecule has 5 nitrogen and oxygen atoms in total. The Hall–Kier alpha value is -0.860. The summed E-state index contributed by atoms with van der Waals surface area (Å²) >= 11 is 0. The third kappa shape index (κ3) is 6.33. The van der Waals surface area contributed by atoms with Crippen molar-refractivity contribution in [1.82, 2.24) is 10.6 Å². The molecule has 6 heteroatoms. The fourth-order valence-electron chi connectivity index (χ4n) is 5.17. The molecule has 1 saturated heterocycles. The second-order valence-electron chi connectivity index (χ2n) is 8.94. The van der Waals surface area contributed by atoms with Gasteiger partial charge in [0.2, 0.25) is 0 Å². The van der Waals surface area contributed by atoms with Crippen molar-refractivity contribution in [2.24, 2.45) is 10.4 Å². The van der Waals surface area contributed by atoms with Crippen LogP contribution in [0.1, 0.15) is 56.1 Å². The maximum absolute atomic E-state index is 5.70. The molecule has 0 aromatic heterocycles. The van der Waals surface area contributed by atoms with E-state index >= 15 is 0 Å². The highest BCUT2D eigenvalue weighted by Crippen LogP contribution is 2.40. The van der Waals surface area contributed by atoms with Gasteiger partial charge in [-0.05, 0) is 55.6 Å². The van der Waals surface area contributed by atoms with Crippen LogP contribution in [0.4, 0.5) is 0 Å². The van der Waals surface area contributed by atoms with E-state index in [1.165, 1.54) is 36.8 Å². The number of hydrogen-bond acceptors (Lipinski definition) is 3. The van der Waals surface area contributed by atoms with Crippen molar-refractivity contribution >= 4 is 29.9 Å². The van der Waals surface area contributed by atoms with E-state index in [2.05, 4.69) is 46.8 Å². The molecule has 3 rings (SSSR count). The monoisotopic (exact) mass is 529 g/mol. The summed E-state index contributed by atoms with van der Waals surface area (Å²) in [6.45, 7) is 6.55. The highest BCUT2D eigenvalue weighted by Gasteiger charge is 2.36. The zero-order valence-electron chi connectivity index (χ0n) is 19.0. The van der Waals surface area contributed by atoms with E-state index in [1.807, 2.05) is 7.05 Å². The number of hydrogen-bond donors (Lipinski definition) is 2. The molecular weight excluding hydrogens is 489 g/mol. The molecule has 0 spiro atoms. The summed E-state index contributed by atoms with van der Waals surface area (Å²) in [6, 6.07) is 8.79. The van der Waals surface area contributed by atoms with Gasteiger partial charge in [0.05, 0.1) is 0 Å². The second kappa shape index (κ2) is 12.2. The first-order valence-corrected chi connectivity index (χ1v) is 11.2. The molecule has 170 valence electrons. The molecule has 1 aliphatic heterocycles. The molecule has 2 fully saturated rings. The second-order valence-corrected chi connectivity index (χ2v) is 8.94. The van der Waals surface area contributed by atoms with Gasteiger partial charge in [-0.3, -0.25) is 4.99 Å². The molecule has 1 aliphatic carbocycles. The Morgan fingerprint density at radius 2 is 1.73 bits per heavy atom. The molecule has 1 heterocycles. The third-order valence-electron chi connectivity index (χ3n) is 7.12. The van der Waals surface area contributed by atoms with Crippen LogP contribution in [0.25, 0.3) is 0 Å². The number of aliphatic imine (C=N–C) groups is 1. The summed E-state index contributed by atoms with van der Waals surface area (Å²) in [5.74, 6) is 0.910. The lowest BCUT2D eigenvalue weighted by Crippen LogP contribution is -2.50. The lowest BCUT2D eigenvalue weighted by atomic mass is 9.72. The first-order valence-electron chi connectivity index (χ1n) is 11.2. The number of nitrogens with zero attached hydrogens (tertiary/aromatic N) is 1. The average Bonchev–Trinajstić information content (AvgIpc) is 3.22. The SMILES string of the molecule is CN=C(NCC1(CCOC)CCCC1)NCC1(c2ccccc2C)CCOCC1.I. The van der Waals surface area contributed by atoms with Crippen molar-refractivity contribution in [3.05, 3.63) is 35.4 Å². The van der Waals surface area contributed by atoms with E-state index in [9.17, 15) is 0 Å². The smallest absolute Gasteiger partial charge is 0.191 e. The largest absolute Gasteiger partial charge is 0.385 e. The topological polar surface area (TPSA) is 54.9 Å². The summed E-state index contributed by atoms with van der Waals surface area (Å²) in [5.41, 5.74) is 3.25. The van der Waals surface area contributed by atoms with Crippen LogP contribution in [0.15, 0.2) is 29.3 Å². The predicted octanol–water partition coefficient (Wildman–Crippen LogP) is 4.42. The van der Waals surface area contributed by atoms with E-state index in [0.29, 0.717) is 5.41 Å². The Bertz CT molecular complexity index is 668. The van der Waals surface area contributed by atoms with Crippen LogP contribution in [0.2, 0.25) is 0 Å². The van der Waals surface area contributed by atoms with Gasteiger partial charge in [-0.1, -0.05) is 37.1 Å². The first kappa shape index (κ1) is 25.4. The van der Waals surface area contributed by atoms with Crippen LogP contribution in [0.5, 0.6) is 0 Å². The lowest BCUT2D eigenvalue weighted by Gasteiger charge is -2.39. The number of nitrogens with one attached hydrogen (secondary N) is 2. The van der Waals surface area contributed by atoms with Crippen LogP contribution in [-0.2, 0) is 14.9 Å². The van der Waals surface area contributed by atoms with Gasteiger partial charge in [-0.2, -0.15) is 0 Å². The number of aryl methyl sites for hydroxylation is 1. The standard InChI is InChI=1S/C24H39N3O2.HI/c1-20-8-4-5-9-21(20)24(13-16-29-17-14-24)19-27-22(25-2)26-18-23(12-15-28-3)10-6-7-11-23;/h4-5,8-9H,6-7,10-19H2,1-3H3,(H2,25,26,27);1H. The number of benzene rings is 1. The van der Waals surface area contributed by atoms with E-state index in [0.717, 1.165) is 58.1 Å². The highest BCUT2D eigenvalue weighted by molar-refractivity contribution is 14.0. The van der Waals surface area contributed by atoms with E-state index in [4.69, 9.17) is 9.47 Å². The molecule has 0 atom stereocenters. The van der Waals surface area contributed by atoms with Crippen LogP contribution < -0.4 is 10.6 Å². The molecule has 2 N–H and O–H groups in total. The fraction of sp³-hybridized carbons (Fsp3) is 0.708. The normalized spacial score (nSPS) is 20.4. The van der Waals surface area contributed by atoms with Gasteiger partial charge in [0.1, 0.15) is 0 Å². The number of halogens is 1. The Kier molecular flexibility index (Phi) is 10.4. The molecule has 30 heavy (non-hydrogen) atoms. The van der Waals surface area contributed by atoms with Gasteiger partial charge in [0.15, 0.2) is 5.96 Å². The Morgan fingerprint density at radius 1 is 1.07 bits per heavy atom. The molecule has 0 radical (unpaired) electrons. The van der Waals surface area contributed by atoms with Crippen molar-refractivity contribution in [3.63, 3.8) is 0 Å². The summed E-state index contributed by atoms with van der Waals surface area (Å²) in [4.78, 5) is 4.52. The minimum absolute atomic E-state index is 0. The Morgan fingerprint density at radius 3 is 2.37 bits per heavy atom. The van der Waals surface area contributed by atoms with E-state index in [-0.39, 0.29) is 29.4 Å². The van der Waals surface area contributed by atoms with Crippen LogP contribution in [0.3, 0.4) is 0 Å². The van der Waals surface area contributed by atoms with E-state index in [1.54, 1.807) is 7.11 Å². The lowest BCUT2D eigenvalue weighted by molar-refractivity contribution is 0.0511. The van der Waals surface area contributed by atoms with Gasteiger partial charge in [0, 0.05) is 52.5 Å². The maximum atomic E-state index is 5.70. The quantitative estimate of drug-likeness (QED) is 0.298. The predicted molar refractivity (Wildman–Crippen MR) is 135 cm³/mol. The van der Waals surface area contributed by atoms with Crippen LogP contribution in [-0.4, -0.2) is 53.0 Å². The van der Waals surface area contributed by atoms with Crippen LogP contribution in [0, 0.1) is 12.3 Å². The van der Waals surface area contributed by atoms with Gasteiger partial charge in [-0.25, -0.2) is 0 Å². The average molecular weight is 530 g/mol. The zero-order chi connectivity index (χ0) is 20.6. The molecule has 0 unspecified atom stereocenters. The van der Waals surface area contributed by atoms with E-state index < -0.39 is 0 Å². The molecule has 1 aromatic carbocycles. The molecule has 1 aromatic rings. The fourth-order valence-corrected chi connectivity index (χ4v) is 5.17. The summed E-state index contributed by atoms with van der Waals surface area (Å²) in [7, 11) is 3.67. The van der Waals surface area contributed by atoms with Gasteiger partial charge in [-0.15, -0.1) is 24.0 Å².